The van der Waals surface area contributed by atoms with Gasteiger partial charge in [0.05, 0.1) is 58.8 Å². The van der Waals surface area contributed by atoms with E-state index in [9.17, 15) is 24.0 Å². The molecule has 0 aliphatic carbocycles. The Hall–Kier alpha value is -6.49. The second kappa shape index (κ2) is 16.8. The number of likely N-dealkylation sites (tertiary alicyclic amines) is 2. The van der Waals surface area contributed by atoms with Gasteiger partial charge in [0, 0.05) is 37.7 Å². The molecule has 17 heteroatoms. The molecule has 17 nitrogen and oxygen atoms in total. The van der Waals surface area contributed by atoms with Gasteiger partial charge in [-0.25, -0.2) is 19.7 Å². The molecular formula is C42H49N11O6. The Kier molecular flexibility index (Phi) is 11.6. The topological polar surface area (TPSA) is 248 Å². The molecule has 2 aliphatic rings. The normalized spacial score (nSPS) is 18.2. The largest absolute Gasteiger partial charge is 0.436 e. The van der Waals surface area contributed by atoms with E-state index in [0.717, 1.165) is 40.9 Å². The summed E-state index contributed by atoms with van der Waals surface area (Å²) in [7, 11) is 1.47. The number of hydrogen-bond donors (Lipinski definition) is 5. The molecule has 0 spiro atoms. The lowest BCUT2D eigenvalue weighted by Crippen LogP contribution is -2.60. The highest BCUT2D eigenvalue weighted by atomic mass is 16.6. The molecule has 4 atom stereocenters. The maximum absolute atomic E-state index is 13.6. The van der Waals surface area contributed by atoms with E-state index in [1.54, 1.807) is 28.4 Å². The molecule has 7 rings (SSSR count). The maximum Gasteiger partial charge on any atom is 0.407 e. The van der Waals surface area contributed by atoms with Gasteiger partial charge in [0.15, 0.2) is 17.4 Å². The molecular weight excluding hydrogens is 755 g/mol. The Morgan fingerprint density at radius 1 is 0.847 bits per heavy atom. The smallest absolute Gasteiger partial charge is 0.407 e. The molecule has 0 saturated carbocycles. The number of hydrogen-bond acceptors (Lipinski definition) is 11. The van der Waals surface area contributed by atoms with Gasteiger partial charge >= 0.3 is 6.09 Å². The Balaban J connectivity index is 1.03. The number of nitrogens with zero attached hydrogens (tertiary/aromatic N) is 6. The highest BCUT2D eigenvalue weighted by molar-refractivity contribution is 6.10. The van der Waals surface area contributed by atoms with E-state index in [0.29, 0.717) is 54.3 Å². The van der Waals surface area contributed by atoms with E-state index in [4.69, 9.17) is 26.2 Å². The van der Waals surface area contributed by atoms with Crippen LogP contribution in [0.15, 0.2) is 61.1 Å². The number of nitrogens with one attached hydrogen (secondary N) is 3. The molecule has 3 aromatic heterocycles. The highest BCUT2D eigenvalue weighted by Gasteiger charge is 2.46. The first-order valence-electron chi connectivity index (χ1n) is 19.8. The minimum atomic E-state index is -1.85. The zero-order chi connectivity index (χ0) is 42.0. The molecule has 4 amide bonds. The van der Waals surface area contributed by atoms with Gasteiger partial charge < -0.3 is 41.3 Å². The van der Waals surface area contributed by atoms with Crippen LogP contribution < -0.4 is 16.8 Å². The van der Waals surface area contributed by atoms with Gasteiger partial charge in [0.1, 0.15) is 11.6 Å². The molecule has 2 aromatic carbocycles. The van der Waals surface area contributed by atoms with E-state index in [1.807, 2.05) is 56.3 Å². The minimum Gasteiger partial charge on any atom is -0.436 e. The number of rotatable bonds is 13. The van der Waals surface area contributed by atoms with E-state index in [1.165, 1.54) is 14.0 Å². The van der Waals surface area contributed by atoms with Crippen molar-refractivity contribution in [2.24, 2.45) is 17.4 Å². The fourth-order valence-corrected chi connectivity index (χ4v) is 7.87. The predicted molar refractivity (Wildman–Crippen MR) is 218 cm³/mol. The first-order chi connectivity index (χ1) is 28.3. The van der Waals surface area contributed by atoms with Gasteiger partial charge in [-0.15, -0.1) is 0 Å². The van der Waals surface area contributed by atoms with Crippen LogP contribution in [0.5, 0.6) is 0 Å². The third kappa shape index (κ3) is 8.28. The van der Waals surface area contributed by atoms with Crippen molar-refractivity contribution in [2.75, 3.05) is 20.1 Å². The van der Waals surface area contributed by atoms with Crippen molar-refractivity contribution in [1.82, 2.24) is 45.0 Å². The Labute approximate surface area is 340 Å². The number of Topliss-reactive ketones (excluding diaryl/α,β-unsaturated/α-hetero) is 1. The second-order valence-corrected chi connectivity index (χ2v) is 15.6. The molecule has 308 valence electrons. The molecule has 2 aliphatic heterocycles. The van der Waals surface area contributed by atoms with Gasteiger partial charge in [-0.05, 0) is 62.6 Å². The van der Waals surface area contributed by atoms with E-state index >= 15 is 0 Å². The molecule has 2 fully saturated rings. The van der Waals surface area contributed by atoms with Crippen LogP contribution in [0.2, 0.25) is 0 Å². The Bertz CT molecular complexity index is 2390. The first-order valence-corrected chi connectivity index (χ1v) is 19.8. The molecule has 5 heterocycles. The summed E-state index contributed by atoms with van der Waals surface area (Å²) in [6.45, 7) is 5.92. The third-order valence-corrected chi connectivity index (χ3v) is 11.3. The van der Waals surface area contributed by atoms with Crippen LogP contribution in [0.3, 0.4) is 0 Å². The number of amides is 4. The van der Waals surface area contributed by atoms with Crippen LogP contribution in [0.25, 0.3) is 44.8 Å². The van der Waals surface area contributed by atoms with Crippen molar-refractivity contribution in [3.05, 3.63) is 72.7 Å². The number of primary amides is 1. The van der Waals surface area contributed by atoms with Crippen molar-refractivity contribution in [1.29, 1.82) is 0 Å². The Morgan fingerprint density at radius 2 is 1.44 bits per heavy atom. The quantitative estimate of drug-likeness (QED) is 0.105. The number of aromatic nitrogens is 6. The molecule has 5 aromatic rings. The molecule has 59 heavy (non-hydrogen) atoms. The number of imidazole rings is 2. The maximum atomic E-state index is 13.6. The van der Waals surface area contributed by atoms with Crippen molar-refractivity contribution in [2.45, 2.75) is 83.0 Å². The lowest BCUT2D eigenvalue weighted by Gasteiger charge is -2.33. The van der Waals surface area contributed by atoms with Crippen molar-refractivity contribution in [3.8, 4) is 33.8 Å². The lowest BCUT2D eigenvalue weighted by molar-refractivity contribution is -0.144. The van der Waals surface area contributed by atoms with Gasteiger partial charge in [-0.2, -0.15) is 0 Å². The number of fused-ring (bicyclic) bond motifs is 1. The molecule has 0 unspecified atom stereocenters. The number of nitrogens with two attached hydrogens (primary N) is 2. The summed E-state index contributed by atoms with van der Waals surface area (Å²) in [5.41, 5.74) is 16.0. The van der Waals surface area contributed by atoms with E-state index < -0.39 is 41.4 Å². The number of benzene rings is 2. The molecule has 0 radical (unpaired) electrons. The number of ketones is 1. The van der Waals surface area contributed by atoms with Crippen LogP contribution in [0.4, 0.5) is 4.79 Å². The summed E-state index contributed by atoms with van der Waals surface area (Å²) in [4.78, 5) is 92.0. The standard InChI is InChI=1S/C42H49N11O6/c1-23(2)36(59-41(58)45-4)39(56)52-17-5-7-33(52)37-47-21-31(50-37)26-11-9-25(10-12-26)30-20-46-29-19-27(13-14-28(29)49-30)32-22-48-38(51-32)34-8-6-18-53(34)40(57)42(44,24(3)54)16-15-35(43)55/h9-14,19-23,33-34,36H,5-8,15-18,44H2,1-4H3,(H2,43,55)(H,45,58)(H,47,50)(H,48,51)/t33-,34-,36-,42+/m0/s1. The number of carbonyl (C=O) groups is 5. The number of ether oxygens (including phenoxy) is 1. The lowest BCUT2D eigenvalue weighted by atomic mass is 9.88. The third-order valence-electron chi connectivity index (χ3n) is 11.3. The summed E-state index contributed by atoms with van der Waals surface area (Å²) < 4.78 is 5.42. The average Bonchev–Trinajstić information content (AvgIpc) is 4.08. The number of carbonyl (C=O) groups excluding carboxylic acids is 5. The van der Waals surface area contributed by atoms with Crippen LogP contribution in [-0.4, -0.2) is 101 Å². The fourth-order valence-electron chi connectivity index (χ4n) is 7.87. The van der Waals surface area contributed by atoms with E-state index in [-0.39, 0.29) is 30.7 Å². The van der Waals surface area contributed by atoms with Crippen LogP contribution in [0, 0.1) is 5.92 Å². The monoisotopic (exact) mass is 803 g/mol. The highest BCUT2D eigenvalue weighted by Crippen LogP contribution is 2.36. The summed E-state index contributed by atoms with van der Waals surface area (Å²) in [6.07, 6.45) is 6.22. The summed E-state index contributed by atoms with van der Waals surface area (Å²) in [5, 5.41) is 2.42. The van der Waals surface area contributed by atoms with Gasteiger partial charge in [-0.1, -0.05) is 44.2 Å². The first kappa shape index (κ1) is 40.7. The van der Waals surface area contributed by atoms with Crippen LogP contribution in [0.1, 0.15) is 83.0 Å². The van der Waals surface area contributed by atoms with Crippen LogP contribution in [-0.2, 0) is 23.9 Å². The van der Waals surface area contributed by atoms with Gasteiger partial charge in [-0.3, -0.25) is 24.2 Å². The summed E-state index contributed by atoms with van der Waals surface area (Å²) in [5.74, 6) is -0.866. The zero-order valence-corrected chi connectivity index (χ0v) is 33.5. The minimum absolute atomic E-state index is 0.161. The molecule has 7 N–H and O–H groups in total. The van der Waals surface area contributed by atoms with Gasteiger partial charge in [0.25, 0.3) is 11.8 Å². The summed E-state index contributed by atoms with van der Waals surface area (Å²) >= 11 is 0. The van der Waals surface area contributed by atoms with Gasteiger partial charge in [0.2, 0.25) is 5.91 Å². The van der Waals surface area contributed by atoms with E-state index in [2.05, 4.69) is 25.3 Å². The second-order valence-electron chi connectivity index (χ2n) is 15.6. The van der Waals surface area contributed by atoms with Crippen molar-refractivity contribution < 1.29 is 28.7 Å². The number of alkyl carbamates (subject to hydrolysis) is 1. The summed E-state index contributed by atoms with van der Waals surface area (Å²) in [6, 6.07) is 13.0. The molecule has 0 bridgehead atoms. The fraction of sp³-hybridized carbons (Fsp3) is 0.405. The SMILES string of the molecule is CNC(=O)O[C@H](C(=O)N1CCC[C@H]1c1ncc(-c2ccc(-c3cnc4cc(-c5cnc([C@@H]6CCCN6C(=O)[C@@](N)(CCC(N)=O)C(C)=O)[nH]5)ccc4n3)cc2)[nH]1)C(C)C. The number of aromatic amines is 2. The predicted octanol–water partition coefficient (Wildman–Crippen LogP) is 4.34. The van der Waals surface area contributed by atoms with Crippen molar-refractivity contribution in [3.63, 3.8) is 0 Å². The Morgan fingerprint density at radius 3 is 2.05 bits per heavy atom. The van der Waals surface area contributed by atoms with Crippen LogP contribution >= 0.6 is 0 Å². The van der Waals surface area contributed by atoms with Crippen molar-refractivity contribution >= 4 is 40.6 Å². The number of H-pyrrole nitrogens is 2. The zero-order valence-electron chi connectivity index (χ0n) is 33.5. The molecule has 2 saturated heterocycles. The average molecular weight is 804 g/mol.